The predicted molar refractivity (Wildman–Crippen MR) is 186 cm³/mol. The number of aromatic nitrogens is 2. The first-order valence-electron chi connectivity index (χ1n) is 17.4. The molecule has 10 heteroatoms. The fraction of sp³-hybridized carbons (Fsp3) is 0.447. The number of fused-ring (bicyclic) bond motifs is 1. The monoisotopic (exact) mass is 666 g/mol. The molecule has 9 nitrogen and oxygen atoms in total. The summed E-state index contributed by atoms with van der Waals surface area (Å²) in [6.07, 6.45) is 6.73. The van der Waals surface area contributed by atoms with E-state index in [2.05, 4.69) is 75.7 Å². The van der Waals surface area contributed by atoms with Crippen LogP contribution in [-0.2, 0) is 24.8 Å². The molecule has 250 valence electrons. The second-order valence-electron chi connectivity index (χ2n) is 14.4. The average Bonchev–Trinajstić information content (AvgIpc) is 3.42. The number of nitrogens with one attached hydrogen (secondary N) is 1. The van der Waals surface area contributed by atoms with Crippen molar-refractivity contribution in [2.45, 2.75) is 87.2 Å². The van der Waals surface area contributed by atoms with E-state index >= 15 is 0 Å². The standard InChI is InChI=1S/C38H43N5O4S/c1-3-35(44)40-48(46,47)30-15-13-27(14-16-30)36(45)41-20-17-37(18-21-41,28-9-5-4-6-10-28)19-22-42-33-23-29(24-38(33)25-34(38)42)43-26(2)39-31-11-7-8-12-32(31)43/h4-16,29,33-34H,3,17-25H2,1-2H3,(H-,40,44,46,47)/p+1. The lowest BCUT2D eigenvalue weighted by atomic mass is 9.70. The molecule has 8 rings (SSSR count). The van der Waals surface area contributed by atoms with Crippen molar-refractivity contribution in [3.63, 3.8) is 0 Å². The van der Waals surface area contributed by atoms with E-state index in [0.717, 1.165) is 37.1 Å². The van der Waals surface area contributed by atoms with Crippen molar-refractivity contribution < 1.29 is 18.4 Å². The van der Waals surface area contributed by atoms with Crippen molar-refractivity contribution in [2.24, 2.45) is 5.41 Å². The van der Waals surface area contributed by atoms with Gasteiger partial charge >= 0.3 is 10.4 Å². The first-order valence-corrected chi connectivity index (χ1v) is 18.9. The Kier molecular flexibility index (Phi) is 7.61. The first kappa shape index (κ1) is 31.4. The molecule has 2 aliphatic carbocycles. The Bertz CT molecular complexity index is 1920. The van der Waals surface area contributed by atoms with Crippen molar-refractivity contribution in [1.29, 1.82) is 0 Å². The van der Waals surface area contributed by atoms with E-state index in [4.69, 9.17) is 4.98 Å². The van der Waals surface area contributed by atoms with Crippen LogP contribution in [0.1, 0.15) is 79.7 Å². The number of hydrogen-bond donors (Lipinski definition) is 2. The zero-order chi connectivity index (χ0) is 33.3. The molecule has 4 aliphatic rings. The Morgan fingerprint density at radius 3 is 2.40 bits per heavy atom. The van der Waals surface area contributed by atoms with E-state index in [1.807, 2.05) is 4.90 Å². The molecule has 2 N–H and O–H groups in total. The van der Waals surface area contributed by atoms with Gasteiger partial charge in [-0.1, -0.05) is 49.4 Å². The second-order valence-corrected chi connectivity index (χ2v) is 16.2. The first-order chi connectivity index (χ1) is 23.1. The highest BCUT2D eigenvalue weighted by molar-refractivity contribution is 7.96. The molecule has 1 spiro atoms. The molecule has 0 radical (unpaired) electrons. The second kappa shape index (κ2) is 11.6. The summed E-state index contributed by atoms with van der Waals surface area (Å²) in [5.41, 5.74) is 4.68. The molecule has 5 unspecified atom stereocenters. The Morgan fingerprint density at radius 2 is 1.67 bits per heavy atom. The SMILES string of the molecule is CCC(=O)N[S+](=O)(O)c1ccc(C(=O)N2CCC(CCN3C4CC(n5c(C)nc6ccccc65)CC45CC35)(c3ccccc3)CC2)cc1. The molecule has 48 heavy (non-hydrogen) atoms. The van der Waals surface area contributed by atoms with Gasteiger partial charge in [0.25, 0.3) is 11.8 Å². The third-order valence-electron chi connectivity index (χ3n) is 12.0. The van der Waals surface area contributed by atoms with Gasteiger partial charge in [-0.25, -0.2) is 4.98 Å². The minimum Gasteiger partial charge on any atom is -0.339 e. The van der Waals surface area contributed by atoms with Crippen molar-refractivity contribution in [3.05, 3.63) is 95.8 Å². The topological polar surface area (TPSA) is 108 Å². The average molecular weight is 667 g/mol. The van der Waals surface area contributed by atoms with E-state index in [9.17, 15) is 18.4 Å². The number of carbonyl (C=O) groups excluding carboxylic acids is 2. The molecule has 3 heterocycles. The summed E-state index contributed by atoms with van der Waals surface area (Å²) in [5, 5.41) is 0. The van der Waals surface area contributed by atoms with Gasteiger partial charge in [-0.3, -0.25) is 14.5 Å². The summed E-state index contributed by atoms with van der Waals surface area (Å²) in [4.78, 5) is 34.9. The number of aryl methyl sites for hydroxylation is 1. The molecule has 2 amide bonds. The van der Waals surface area contributed by atoms with E-state index in [1.165, 1.54) is 42.5 Å². The number of para-hydroxylation sites is 2. The quantitative estimate of drug-likeness (QED) is 0.207. The summed E-state index contributed by atoms with van der Waals surface area (Å²) >= 11 is 0. The maximum atomic E-state index is 13.6. The molecule has 4 aromatic rings. The van der Waals surface area contributed by atoms with Crippen LogP contribution >= 0.6 is 0 Å². The Labute approximate surface area is 283 Å². The van der Waals surface area contributed by atoms with Crippen LogP contribution in [0.25, 0.3) is 11.0 Å². The van der Waals surface area contributed by atoms with Crippen LogP contribution in [0.15, 0.2) is 83.8 Å². The zero-order valence-electron chi connectivity index (χ0n) is 27.7. The molecule has 2 saturated carbocycles. The summed E-state index contributed by atoms with van der Waals surface area (Å²) in [6.45, 7) is 6.16. The van der Waals surface area contributed by atoms with Crippen molar-refractivity contribution >= 4 is 33.2 Å². The smallest absolute Gasteiger partial charge is 0.339 e. The Hall–Kier alpha value is -3.86. The van der Waals surface area contributed by atoms with Crippen LogP contribution in [0.3, 0.4) is 0 Å². The maximum Gasteiger partial charge on any atom is 0.348 e. The predicted octanol–water partition coefficient (Wildman–Crippen LogP) is 6.16. The number of carbonyl (C=O) groups is 2. The highest BCUT2D eigenvalue weighted by Gasteiger charge is 2.75. The van der Waals surface area contributed by atoms with Crippen LogP contribution < -0.4 is 4.72 Å². The van der Waals surface area contributed by atoms with Gasteiger partial charge in [0.1, 0.15) is 5.82 Å². The summed E-state index contributed by atoms with van der Waals surface area (Å²) in [6, 6.07) is 27.3. The number of benzene rings is 3. The number of piperidine rings is 1. The van der Waals surface area contributed by atoms with E-state index < -0.39 is 16.3 Å². The van der Waals surface area contributed by atoms with Crippen molar-refractivity contribution in [1.82, 2.24) is 24.1 Å². The third-order valence-corrected chi connectivity index (χ3v) is 13.4. The van der Waals surface area contributed by atoms with Gasteiger partial charge in [0, 0.05) is 48.6 Å². The number of rotatable bonds is 9. The molecule has 2 aliphatic heterocycles. The summed E-state index contributed by atoms with van der Waals surface area (Å²) < 4.78 is 27.6. The largest absolute Gasteiger partial charge is 0.348 e. The van der Waals surface area contributed by atoms with Gasteiger partial charge in [0.05, 0.1) is 11.0 Å². The molecular weight excluding hydrogens is 623 g/mol. The zero-order valence-corrected chi connectivity index (χ0v) is 28.5. The van der Waals surface area contributed by atoms with Gasteiger partial charge in [-0.2, -0.15) is 4.55 Å². The van der Waals surface area contributed by atoms with Crippen molar-refractivity contribution in [2.75, 3.05) is 19.6 Å². The third kappa shape index (κ3) is 5.11. The number of hydrogen-bond acceptors (Lipinski definition) is 5. The van der Waals surface area contributed by atoms with Crippen LogP contribution in [-0.4, -0.2) is 67.4 Å². The normalized spacial score (nSPS) is 27.1. The Morgan fingerprint density at radius 1 is 0.958 bits per heavy atom. The minimum atomic E-state index is -3.71. The lowest BCUT2D eigenvalue weighted by molar-refractivity contribution is -0.119. The molecule has 0 bridgehead atoms. The van der Waals surface area contributed by atoms with E-state index in [1.54, 1.807) is 19.1 Å². The van der Waals surface area contributed by atoms with Crippen LogP contribution in [0.4, 0.5) is 0 Å². The van der Waals surface area contributed by atoms with Gasteiger partial charge in [-0.05, 0) is 104 Å². The van der Waals surface area contributed by atoms with Gasteiger partial charge in [0.15, 0.2) is 0 Å². The van der Waals surface area contributed by atoms with Crippen molar-refractivity contribution in [3.8, 4) is 0 Å². The number of imidazole rings is 1. The molecule has 2 saturated heterocycles. The van der Waals surface area contributed by atoms with Gasteiger partial charge in [0.2, 0.25) is 4.90 Å². The lowest BCUT2D eigenvalue weighted by Crippen LogP contribution is -2.55. The van der Waals surface area contributed by atoms with E-state index in [-0.39, 0.29) is 22.6 Å². The lowest BCUT2D eigenvalue weighted by Gasteiger charge is -2.48. The summed E-state index contributed by atoms with van der Waals surface area (Å²) in [5.74, 6) is 0.542. The Balaban J connectivity index is 0.940. The van der Waals surface area contributed by atoms with Gasteiger partial charge < -0.3 is 9.47 Å². The number of nitrogens with zero attached hydrogens (tertiary/aromatic N) is 4. The molecule has 1 aromatic heterocycles. The fourth-order valence-electron chi connectivity index (χ4n) is 9.42. The number of amides is 2. The molecule has 4 fully saturated rings. The summed E-state index contributed by atoms with van der Waals surface area (Å²) in [7, 11) is -3.71. The molecule has 3 aromatic carbocycles. The number of likely N-dealkylation sites (tertiary alicyclic amines) is 2. The fourth-order valence-corrected chi connectivity index (χ4v) is 10.5. The minimum absolute atomic E-state index is 0.00404. The van der Waals surface area contributed by atoms with E-state index in [0.29, 0.717) is 42.2 Å². The highest BCUT2D eigenvalue weighted by Crippen LogP contribution is 2.72. The molecule has 5 atom stereocenters. The maximum absolute atomic E-state index is 13.6. The van der Waals surface area contributed by atoms with Crippen LogP contribution in [0.5, 0.6) is 0 Å². The van der Waals surface area contributed by atoms with Crippen LogP contribution in [0.2, 0.25) is 0 Å². The van der Waals surface area contributed by atoms with Crippen LogP contribution in [0, 0.1) is 12.3 Å². The molecular formula is C38H44N5O4S+. The van der Waals surface area contributed by atoms with Gasteiger partial charge in [-0.15, -0.1) is 4.72 Å². The highest BCUT2D eigenvalue weighted by atomic mass is 32.3.